The lowest BCUT2D eigenvalue weighted by molar-refractivity contribution is -0.115. The molecule has 0 unspecified atom stereocenters. The fourth-order valence-corrected chi connectivity index (χ4v) is 2.66. The van der Waals surface area contributed by atoms with Gasteiger partial charge in [-0.05, 0) is 38.5 Å². The minimum absolute atomic E-state index is 0.151. The first-order valence-electron chi connectivity index (χ1n) is 7.27. The average molecular weight is 368 g/mol. The molecule has 1 aromatic carbocycles. The van der Waals surface area contributed by atoms with Crippen LogP contribution in [0.15, 0.2) is 28.8 Å². The minimum Gasteiger partial charge on any atom is -0.360 e. The van der Waals surface area contributed by atoms with Gasteiger partial charge in [-0.15, -0.1) is 11.8 Å². The van der Waals surface area contributed by atoms with E-state index in [9.17, 15) is 9.59 Å². The van der Waals surface area contributed by atoms with E-state index < -0.39 is 5.25 Å². The number of halogens is 1. The van der Waals surface area contributed by atoms with Crippen molar-refractivity contribution in [2.24, 2.45) is 0 Å². The number of amides is 2. The molecule has 0 fully saturated rings. The van der Waals surface area contributed by atoms with Crippen LogP contribution < -0.4 is 10.6 Å². The Labute approximate surface area is 149 Å². The molecule has 0 saturated heterocycles. The van der Waals surface area contributed by atoms with Gasteiger partial charge in [-0.3, -0.25) is 9.59 Å². The van der Waals surface area contributed by atoms with Gasteiger partial charge in [0.1, 0.15) is 5.76 Å². The van der Waals surface area contributed by atoms with Crippen LogP contribution in [-0.4, -0.2) is 28.0 Å². The van der Waals surface area contributed by atoms with Crippen molar-refractivity contribution >= 4 is 46.7 Å². The van der Waals surface area contributed by atoms with E-state index in [1.807, 2.05) is 13.0 Å². The molecule has 24 heavy (non-hydrogen) atoms. The van der Waals surface area contributed by atoms with Crippen molar-refractivity contribution in [1.29, 1.82) is 0 Å². The molecular formula is C16H18ClN3O3S. The van der Waals surface area contributed by atoms with Crippen molar-refractivity contribution in [2.45, 2.75) is 26.0 Å². The van der Waals surface area contributed by atoms with Gasteiger partial charge in [-0.1, -0.05) is 22.8 Å². The third kappa shape index (κ3) is 5.28. The first-order chi connectivity index (χ1) is 11.3. The highest BCUT2D eigenvalue weighted by atomic mass is 35.5. The predicted molar refractivity (Wildman–Crippen MR) is 96.6 cm³/mol. The third-order valence-electron chi connectivity index (χ3n) is 3.17. The number of carbonyl (C=O) groups excluding carboxylic acids is 2. The second kappa shape index (κ2) is 8.21. The summed E-state index contributed by atoms with van der Waals surface area (Å²) in [4.78, 5) is 24.0. The Morgan fingerprint density at radius 3 is 2.67 bits per heavy atom. The van der Waals surface area contributed by atoms with Gasteiger partial charge in [0, 0.05) is 16.8 Å². The number of thioether (sulfide) groups is 1. The van der Waals surface area contributed by atoms with Crippen LogP contribution in [0.4, 0.5) is 11.5 Å². The van der Waals surface area contributed by atoms with E-state index in [0.29, 0.717) is 22.3 Å². The SMILES string of the molecule is Cc1cc(NC(=O)[C@H](C)SCC(=O)Nc2ccc(C)c(Cl)c2)no1. The Hall–Kier alpha value is -1.99. The minimum atomic E-state index is -0.408. The summed E-state index contributed by atoms with van der Waals surface area (Å²) in [6.45, 7) is 5.35. The molecule has 128 valence electrons. The second-order valence-corrected chi connectivity index (χ2v) is 7.01. The smallest absolute Gasteiger partial charge is 0.238 e. The summed E-state index contributed by atoms with van der Waals surface area (Å²) < 4.78 is 4.88. The molecule has 0 aliphatic heterocycles. The summed E-state index contributed by atoms with van der Waals surface area (Å²) in [6.07, 6.45) is 0. The van der Waals surface area contributed by atoms with Crippen molar-refractivity contribution in [2.75, 3.05) is 16.4 Å². The molecule has 1 aromatic heterocycles. The zero-order valence-corrected chi connectivity index (χ0v) is 15.1. The summed E-state index contributed by atoms with van der Waals surface area (Å²) in [6, 6.07) is 6.94. The quantitative estimate of drug-likeness (QED) is 0.814. The number of hydrogen-bond acceptors (Lipinski definition) is 5. The van der Waals surface area contributed by atoms with E-state index in [1.165, 1.54) is 11.8 Å². The van der Waals surface area contributed by atoms with E-state index in [4.69, 9.17) is 16.1 Å². The van der Waals surface area contributed by atoms with Gasteiger partial charge in [-0.2, -0.15) is 0 Å². The average Bonchev–Trinajstić information content (AvgIpc) is 2.93. The van der Waals surface area contributed by atoms with Gasteiger partial charge in [-0.25, -0.2) is 0 Å². The fraction of sp³-hybridized carbons (Fsp3) is 0.312. The lowest BCUT2D eigenvalue weighted by Gasteiger charge is -2.11. The van der Waals surface area contributed by atoms with Crippen LogP contribution >= 0.6 is 23.4 Å². The van der Waals surface area contributed by atoms with Crippen LogP contribution in [0.25, 0.3) is 0 Å². The van der Waals surface area contributed by atoms with Crippen LogP contribution in [0, 0.1) is 13.8 Å². The summed E-state index contributed by atoms with van der Waals surface area (Å²) in [7, 11) is 0. The molecule has 6 nitrogen and oxygen atoms in total. The number of aryl methyl sites for hydroxylation is 2. The van der Waals surface area contributed by atoms with Crippen LogP contribution in [0.3, 0.4) is 0 Å². The van der Waals surface area contributed by atoms with Crippen molar-refractivity contribution < 1.29 is 14.1 Å². The third-order valence-corrected chi connectivity index (χ3v) is 4.72. The van der Waals surface area contributed by atoms with E-state index in [-0.39, 0.29) is 17.6 Å². The topological polar surface area (TPSA) is 84.2 Å². The summed E-state index contributed by atoms with van der Waals surface area (Å²) >= 11 is 7.25. The second-order valence-electron chi connectivity index (χ2n) is 5.28. The Morgan fingerprint density at radius 1 is 1.29 bits per heavy atom. The molecule has 0 aliphatic rings. The molecule has 0 spiro atoms. The van der Waals surface area contributed by atoms with Gasteiger partial charge in [0.2, 0.25) is 11.8 Å². The van der Waals surface area contributed by atoms with Gasteiger partial charge >= 0.3 is 0 Å². The van der Waals surface area contributed by atoms with Crippen molar-refractivity contribution in [3.63, 3.8) is 0 Å². The molecule has 2 amide bonds. The summed E-state index contributed by atoms with van der Waals surface area (Å²) in [5.74, 6) is 0.694. The first-order valence-corrected chi connectivity index (χ1v) is 8.69. The lowest BCUT2D eigenvalue weighted by Crippen LogP contribution is -2.25. The van der Waals surface area contributed by atoms with Crippen molar-refractivity contribution in [1.82, 2.24) is 5.16 Å². The van der Waals surface area contributed by atoms with E-state index in [2.05, 4.69) is 15.8 Å². The molecule has 0 bridgehead atoms. The highest BCUT2D eigenvalue weighted by Crippen LogP contribution is 2.20. The predicted octanol–water partition coefficient (Wildman–Crippen LogP) is 3.64. The van der Waals surface area contributed by atoms with Gasteiger partial charge in [0.25, 0.3) is 0 Å². The Morgan fingerprint density at radius 2 is 2.04 bits per heavy atom. The molecular weight excluding hydrogens is 350 g/mol. The Bertz CT molecular complexity index is 748. The standard InChI is InChI=1S/C16H18ClN3O3S/c1-9-4-5-12(7-13(9)17)18-15(21)8-24-11(3)16(22)19-14-6-10(2)23-20-14/h4-7,11H,8H2,1-3H3,(H,18,21)(H,19,20,22)/t11-/m0/s1. The largest absolute Gasteiger partial charge is 0.360 e. The van der Waals surface area contributed by atoms with Crippen molar-refractivity contribution in [3.05, 3.63) is 40.6 Å². The zero-order chi connectivity index (χ0) is 17.7. The van der Waals surface area contributed by atoms with E-state index >= 15 is 0 Å². The molecule has 2 N–H and O–H groups in total. The van der Waals surface area contributed by atoms with Gasteiger partial charge in [0.05, 0.1) is 11.0 Å². The number of anilines is 2. The maximum atomic E-state index is 12.0. The molecule has 2 aromatic rings. The number of aromatic nitrogens is 1. The van der Waals surface area contributed by atoms with Gasteiger partial charge < -0.3 is 15.2 Å². The Kier molecular flexibility index (Phi) is 6.28. The summed E-state index contributed by atoms with van der Waals surface area (Å²) in [5, 5.41) is 9.27. The lowest BCUT2D eigenvalue weighted by atomic mass is 10.2. The number of benzene rings is 1. The number of carbonyl (C=O) groups is 2. The first kappa shape index (κ1) is 18.4. The molecule has 2 rings (SSSR count). The van der Waals surface area contributed by atoms with Crippen LogP contribution in [0.1, 0.15) is 18.2 Å². The summed E-state index contributed by atoms with van der Waals surface area (Å²) in [5.41, 5.74) is 1.57. The van der Waals surface area contributed by atoms with E-state index in [1.54, 1.807) is 32.0 Å². The van der Waals surface area contributed by atoms with E-state index in [0.717, 1.165) is 5.56 Å². The number of nitrogens with zero attached hydrogens (tertiary/aromatic N) is 1. The van der Waals surface area contributed by atoms with Crippen molar-refractivity contribution in [3.8, 4) is 0 Å². The number of hydrogen-bond donors (Lipinski definition) is 2. The molecule has 0 saturated carbocycles. The number of rotatable bonds is 6. The monoisotopic (exact) mass is 367 g/mol. The fourth-order valence-electron chi connectivity index (χ4n) is 1.80. The zero-order valence-electron chi connectivity index (χ0n) is 13.6. The molecule has 0 aliphatic carbocycles. The maximum absolute atomic E-state index is 12.0. The molecule has 0 radical (unpaired) electrons. The van der Waals surface area contributed by atoms with Crippen LogP contribution in [0.5, 0.6) is 0 Å². The molecule has 1 heterocycles. The van der Waals surface area contributed by atoms with Crippen LogP contribution in [-0.2, 0) is 9.59 Å². The highest BCUT2D eigenvalue weighted by Gasteiger charge is 2.17. The maximum Gasteiger partial charge on any atom is 0.238 e. The normalized spacial score (nSPS) is 11.8. The number of nitrogens with one attached hydrogen (secondary N) is 2. The highest BCUT2D eigenvalue weighted by molar-refractivity contribution is 8.01. The van der Waals surface area contributed by atoms with Gasteiger partial charge in [0.15, 0.2) is 5.82 Å². The molecule has 8 heteroatoms. The Balaban J connectivity index is 1.79. The van der Waals surface area contributed by atoms with Crippen LogP contribution in [0.2, 0.25) is 5.02 Å². The molecule has 1 atom stereocenters.